The molecule has 1 rings (SSSR count). The van der Waals surface area contributed by atoms with Crippen LogP contribution in [-0.2, 0) is 0 Å². The zero-order valence-corrected chi connectivity index (χ0v) is 10.6. The summed E-state index contributed by atoms with van der Waals surface area (Å²) in [4.78, 5) is 0. The van der Waals surface area contributed by atoms with E-state index in [2.05, 4.69) is 19.9 Å². The van der Waals surface area contributed by atoms with E-state index in [-0.39, 0.29) is 5.92 Å². The lowest BCUT2D eigenvalue weighted by atomic mass is 9.91. The van der Waals surface area contributed by atoms with Crippen LogP contribution in [0.1, 0.15) is 31.7 Å². The first-order valence-electron chi connectivity index (χ1n) is 5.31. The molecule has 1 atom stereocenters. The summed E-state index contributed by atoms with van der Waals surface area (Å²) >= 11 is 6.03. The molecule has 1 aromatic carbocycles. The number of halogens is 1. The zero-order valence-electron chi connectivity index (χ0n) is 9.83. The lowest BCUT2D eigenvalue weighted by Crippen LogP contribution is -2.01. The van der Waals surface area contributed by atoms with E-state index in [4.69, 9.17) is 21.6 Å². The molecule has 0 aliphatic carbocycles. The number of nitrogens with zero attached hydrogens (tertiary/aromatic N) is 1. The topological polar surface area (TPSA) is 33.0 Å². The van der Waals surface area contributed by atoms with Crippen LogP contribution in [0, 0.1) is 17.2 Å². The van der Waals surface area contributed by atoms with Gasteiger partial charge in [-0.15, -0.1) is 0 Å². The Hall–Kier alpha value is -1.20. The Bertz CT molecular complexity index is 395. The van der Waals surface area contributed by atoms with Crippen LogP contribution in [0.5, 0.6) is 5.75 Å². The maximum absolute atomic E-state index is 9.12. The Morgan fingerprint density at radius 3 is 2.56 bits per heavy atom. The van der Waals surface area contributed by atoms with Crippen LogP contribution >= 0.6 is 11.6 Å². The molecule has 0 saturated heterocycles. The van der Waals surface area contributed by atoms with Crippen molar-refractivity contribution in [2.45, 2.75) is 26.2 Å². The van der Waals surface area contributed by atoms with Crippen molar-refractivity contribution in [3.8, 4) is 11.8 Å². The van der Waals surface area contributed by atoms with E-state index in [0.717, 1.165) is 12.0 Å². The minimum absolute atomic E-state index is 0.0941. The van der Waals surface area contributed by atoms with Crippen molar-refractivity contribution < 1.29 is 4.74 Å². The van der Waals surface area contributed by atoms with Gasteiger partial charge in [0.05, 0.1) is 24.1 Å². The predicted molar refractivity (Wildman–Crippen MR) is 65.8 cm³/mol. The molecule has 0 saturated carbocycles. The van der Waals surface area contributed by atoms with Crippen LogP contribution in [-0.4, -0.2) is 7.11 Å². The summed E-state index contributed by atoms with van der Waals surface area (Å²) in [6, 6.07) is 7.84. The normalized spacial score (nSPS) is 12.2. The van der Waals surface area contributed by atoms with Crippen molar-refractivity contribution in [2.24, 2.45) is 5.92 Å². The SMILES string of the molecule is COc1ccc(C(C#N)CC(C)C)cc1Cl. The Kier molecular flexibility index (Phi) is 4.64. The minimum atomic E-state index is -0.0941. The van der Waals surface area contributed by atoms with Gasteiger partial charge in [-0.25, -0.2) is 0 Å². The molecule has 0 amide bonds. The molecule has 3 heteroatoms. The Morgan fingerprint density at radius 1 is 1.44 bits per heavy atom. The number of hydrogen-bond donors (Lipinski definition) is 0. The zero-order chi connectivity index (χ0) is 12.1. The van der Waals surface area contributed by atoms with E-state index < -0.39 is 0 Å². The largest absolute Gasteiger partial charge is 0.495 e. The van der Waals surface area contributed by atoms with Crippen molar-refractivity contribution in [3.63, 3.8) is 0 Å². The molecule has 0 radical (unpaired) electrons. The molecule has 0 aliphatic rings. The van der Waals surface area contributed by atoms with E-state index >= 15 is 0 Å². The molecule has 1 aromatic rings. The standard InChI is InChI=1S/C13H16ClNO/c1-9(2)6-11(8-15)10-4-5-13(16-3)12(14)7-10/h4-5,7,9,11H,6H2,1-3H3. The molecule has 86 valence electrons. The first-order valence-corrected chi connectivity index (χ1v) is 5.69. The van der Waals surface area contributed by atoms with Gasteiger partial charge < -0.3 is 4.74 Å². The molecule has 0 aliphatic heterocycles. The molecule has 0 aromatic heterocycles. The van der Waals surface area contributed by atoms with E-state index in [9.17, 15) is 0 Å². The number of ether oxygens (including phenoxy) is 1. The van der Waals surface area contributed by atoms with Gasteiger partial charge in [-0.3, -0.25) is 0 Å². The van der Waals surface area contributed by atoms with Crippen LogP contribution in [0.2, 0.25) is 5.02 Å². The lowest BCUT2D eigenvalue weighted by molar-refractivity contribution is 0.414. The number of rotatable bonds is 4. The third-order valence-electron chi connectivity index (χ3n) is 2.44. The summed E-state index contributed by atoms with van der Waals surface area (Å²) in [6.45, 7) is 4.21. The summed E-state index contributed by atoms with van der Waals surface area (Å²) in [5.41, 5.74) is 0.960. The highest BCUT2D eigenvalue weighted by Crippen LogP contribution is 2.30. The van der Waals surface area contributed by atoms with Gasteiger partial charge in [-0.2, -0.15) is 5.26 Å². The van der Waals surface area contributed by atoms with Gasteiger partial charge in [0.2, 0.25) is 0 Å². The molecule has 0 bridgehead atoms. The van der Waals surface area contributed by atoms with Crippen LogP contribution in [0.4, 0.5) is 0 Å². The van der Waals surface area contributed by atoms with Gasteiger partial charge in [0.1, 0.15) is 5.75 Å². The molecule has 0 fully saturated rings. The van der Waals surface area contributed by atoms with Crippen molar-refractivity contribution in [1.82, 2.24) is 0 Å². The van der Waals surface area contributed by atoms with E-state index in [1.807, 2.05) is 18.2 Å². The number of hydrogen-bond acceptors (Lipinski definition) is 2. The minimum Gasteiger partial charge on any atom is -0.495 e. The summed E-state index contributed by atoms with van der Waals surface area (Å²) < 4.78 is 5.08. The quantitative estimate of drug-likeness (QED) is 0.793. The van der Waals surface area contributed by atoms with Crippen LogP contribution in [0.15, 0.2) is 18.2 Å². The Balaban J connectivity index is 2.95. The average molecular weight is 238 g/mol. The molecular formula is C13H16ClNO. The third kappa shape index (κ3) is 3.15. The van der Waals surface area contributed by atoms with Crippen LogP contribution in [0.3, 0.4) is 0 Å². The maximum atomic E-state index is 9.12. The molecule has 0 heterocycles. The highest BCUT2D eigenvalue weighted by atomic mass is 35.5. The summed E-state index contributed by atoms with van der Waals surface area (Å²) in [5.74, 6) is 1.04. The molecular weight excluding hydrogens is 222 g/mol. The average Bonchev–Trinajstić information content (AvgIpc) is 2.25. The van der Waals surface area contributed by atoms with E-state index in [1.165, 1.54) is 0 Å². The maximum Gasteiger partial charge on any atom is 0.137 e. The van der Waals surface area contributed by atoms with Crippen LogP contribution < -0.4 is 4.74 Å². The molecule has 0 spiro atoms. The summed E-state index contributed by atoms with van der Waals surface area (Å²) in [5, 5.41) is 9.68. The van der Waals surface area contributed by atoms with E-state index in [1.54, 1.807) is 7.11 Å². The molecule has 0 N–H and O–H groups in total. The van der Waals surface area contributed by atoms with Crippen LogP contribution in [0.25, 0.3) is 0 Å². The van der Waals surface area contributed by atoms with E-state index in [0.29, 0.717) is 16.7 Å². The molecule has 1 unspecified atom stereocenters. The summed E-state index contributed by atoms with van der Waals surface area (Å²) in [7, 11) is 1.58. The second-order valence-corrected chi connectivity index (χ2v) is 4.61. The highest BCUT2D eigenvalue weighted by Gasteiger charge is 2.14. The smallest absolute Gasteiger partial charge is 0.137 e. The second-order valence-electron chi connectivity index (χ2n) is 4.21. The first-order chi connectivity index (χ1) is 7.58. The van der Waals surface area contributed by atoms with Gasteiger partial charge in [0, 0.05) is 0 Å². The van der Waals surface area contributed by atoms with Gasteiger partial charge in [0.25, 0.3) is 0 Å². The first kappa shape index (κ1) is 12.9. The molecule has 2 nitrogen and oxygen atoms in total. The Morgan fingerprint density at radius 2 is 2.12 bits per heavy atom. The number of methoxy groups -OCH3 is 1. The van der Waals surface area contributed by atoms with Gasteiger partial charge in [-0.05, 0) is 30.0 Å². The van der Waals surface area contributed by atoms with Crippen molar-refractivity contribution in [1.29, 1.82) is 5.26 Å². The second kappa shape index (κ2) is 5.77. The fourth-order valence-corrected chi connectivity index (χ4v) is 1.90. The lowest BCUT2D eigenvalue weighted by Gasteiger charge is -2.13. The third-order valence-corrected chi connectivity index (χ3v) is 2.74. The molecule has 16 heavy (non-hydrogen) atoms. The fourth-order valence-electron chi connectivity index (χ4n) is 1.63. The van der Waals surface area contributed by atoms with Crippen molar-refractivity contribution in [3.05, 3.63) is 28.8 Å². The van der Waals surface area contributed by atoms with Gasteiger partial charge in [-0.1, -0.05) is 31.5 Å². The van der Waals surface area contributed by atoms with Gasteiger partial charge in [0.15, 0.2) is 0 Å². The number of nitriles is 1. The van der Waals surface area contributed by atoms with Gasteiger partial charge >= 0.3 is 0 Å². The van der Waals surface area contributed by atoms with Crippen molar-refractivity contribution in [2.75, 3.05) is 7.11 Å². The Labute approximate surface area is 102 Å². The fraction of sp³-hybridized carbons (Fsp3) is 0.462. The van der Waals surface area contributed by atoms with Crippen molar-refractivity contribution >= 4 is 11.6 Å². The monoisotopic (exact) mass is 237 g/mol. The highest BCUT2D eigenvalue weighted by molar-refractivity contribution is 6.32. The predicted octanol–water partition coefficient (Wildman–Crippen LogP) is 4.00. The number of benzene rings is 1. The summed E-state index contributed by atoms with van der Waals surface area (Å²) in [6.07, 6.45) is 0.846.